The Bertz CT molecular complexity index is 830. The van der Waals surface area contributed by atoms with Crippen LogP contribution in [-0.4, -0.2) is 31.1 Å². The molecule has 2 aromatic rings. The summed E-state index contributed by atoms with van der Waals surface area (Å²) in [5.74, 6) is -0.518. The quantitative estimate of drug-likeness (QED) is 0.816. The van der Waals surface area contributed by atoms with E-state index in [0.29, 0.717) is 18.0 Å². The molecule has 0 unspecified atom stereocenters. The highest BCUT2D eigenvalue weighted by Crippen LogP contribution is 2.42. The van der Waals surface area contributed by atoms with Crippen LogP contribution in [0.3, 0.4) is 0 Å². The van der Waals surface area contributed by atoms with Crippen LogP contribution in [0.2, 0.25) is 0 Å². The monoisotopic (exact) mass is 360 g/mol. The van der Waals surface area contributed by atoms with Crippen LogP contribution in [0, 0.1) is 0 Å². The normalized spacial score (nSPS) is 11.6. The summed E-state index contributed by atoms with van der Waals surface area (Å²) < 4.78 is 10.6. The molecular weight excluding hydrogens is 344 g/mol. The van der Waals surface area contributed by atoms with Gasteiger partial charge >= 0.3 is 12.0 Å². The highest BCUT2D eigenvalue weighted by Gasteiger charge is 2.23. The van der Waals surface area contributed by atoms with E-state index in [9.17, 15) is 14.4 Å². The van der Waals surface area contributed by atoms with Gasteiger partial charge < -0.3 is 14.8 Å². The maximum Gasteiger partial charge on any atom is 0.348 e. The summed E-state index contributed by atoms with van der Waals surface area (Å²) in [6.07, 6.45) is 0. The van der Waals surface area contributed by atoms with Crippen molar-refractivity contribution in [2.75, 3.05) is 13.2 Å². The Morgan fingerprint density at radius 2 is 2.08 bits per heavy atom. The highest BCUT2D eigenvalue weighted by molar-refractivity contribution is 7.17. The fourth-order valence-corrected chi connectivity index (χ4v) is 3.46. The molecule has 0 aliphatic carbocycles. The molecule has 0 spiro atoms. The molecule has 8 heteroatoms. The molecule has 0 saturated heterocycles. The van der Waals surface area contributed by atoms with E-state index in [-0.39, 0.29) is 0 Å². The smallest absolute Gasteiger partial charge is 0.348 e. The third-order valence-corrected chi connectivity index (χ3v) is 4.64. The molecule has 25 heavy (non-hydrogen) atoms. The highest BCUT2D eigenvalue weighted by atomic mass is 32.1. The summed E-state index contributed by atoms with van der Waals surface area (Å²) in [7, 11) is 0. The van der Waals surface area contributed by atoms with Gasteiger partial charge in [-0.2, -0.15) is 0 Å². The Kier molecular flexibility index (Phi) is 4.99. The van der Waals surface area contributed by atoms with E-state index in [1.54, 1.807) is 13.0 Å². The topological polar surface area (TPSA) is 93.7 Å². The minimum atomic E-state index is -0.686. The Morgan fingerprint density at radius 3 is 2.88 bits per heavy atom. The third-order valence-electron chi connectivity index (χ3n) is 3.45. The predicted molar refractivity (Wildman–Crippen MR) is 91.6 cm³/mol. The van der Waals surface area contributed by atoms with E-state index in [1.807, 2.05) is 24.3 Å². The van der Waals surface area contributed by atoms with Crippen LogP contribution in [0.4, 0.5) is 4.79 Å². The average molecular weight is 360 g/mol. The molecule has 130 valence electrons. The van der Waals surface area contributed by atoms with E-state index >= 15 is 0 Å². The number of nitrogens with one attached hydrogen (secondary N) is 2. The summed E-state index contributed by atoms with van der Waals surface area (Å²) in [5, 5.41) is 4.48. The number of ether oxygens (including phenoxy) is 2. The number of benzene rings is 1. The Hall–Kier alpha value is -2.87. The Balaban J connectivity index is 1.64. The van der Waals surface area contributed by atoms with Gasteiger partial charge in [0.05, 0.1) is 0 Å². The van der Waals surface area contributed by atoms with Crippen molar-refractivity contribution < 1.29 is 23.9 Å². The second-order valence-electron chi connectivity index (χ2n) is 5.23. The van der Waals surface area contributed by atoms with E-state index in [1.165, 1.54) is 11.3 Å². The largest absolute Gasteiger partial charge is 0.488 e. The van der Waals surface area contributed by atoms with Gasteiger partial charge in [0, 0.05) is 22.5 Å². The maximum absolute atomic E-state index is 12.2. The molecule has 0 saturated carbocycles. The molecule has 2 heterocycles. The van der Waals surface area contributed by atoms with Crippen molar-refractivity contribution in [2.45, 2.75) is 13.5 Å². The number of para-hydroxylation sites is 1. The molecule has 0 fully saturated rings. The molecule has 3 amide bonds. The Labute approximate surface area is 147 Å². The summed E-state index contributed by atoms with van der Waals surface area (Å²) in [5.41, 5.74) is 1.84. The first-order chi connectivity index (χ1) is 12.1. The van der Waals surface area contributed by atoms with Crippen molar-refractivity contribution in [3.05, 3.63) is 40.8 Å². The number of esters is 1. The van der Waals surface area contributed by atoms with E-state index in [0.717, 1.165) is 21.8 Å². The van der Waals surface area contributed by atoms with Gasteiger partial charge in [0.1, 0.15) is 17.2 Å². The summed E-state index contributed by atoms with van der Waals surface area (Å²) in [6.45, 7) is 1.98. The lowest BCUT2D eigenvalue weighted by molar-refractivity contribution is -0.123. The van der Waals surface area contributed by atoms with Crippen LogP contribution in [0.1, 0.15) is 22.2 Å². The van der Waals surface area contributed by atoms with Gasteiger partial charge in [-0.3, -0.25) is 10.1 Å². The first-order valence-corrected chi connectivity index (χ1v) is 8.50. The third kappa shape index (κ3) is 3.80. The van der Waals surface area contributed by atoms with Gasteiger partial charge in [-0.05, 0) is 25.1 Å². The number of fused-ring (bicyclic) bond motifs is 3. The van der Waals surface area contributed by atoms with Crippen LogP contribution in [0.15, 0.2) is 30.3 Å². The van der Waals surface area contributed by atoms with Crippen LogP contribution >= 0.6 is 11.3 Å². The second kappa shape index (κ2) is 7.35. The van der Waals surface area contributed by atoms with Crippen molar-refractivity contribution in [2.24, 2.45) is 0 Å². The number of hydrogen-bond acceptors (Lipinski definition) is 6. The van der Waals surface area contributed by atoms with Crippen molar-refractivity contribution in [3.8, 4) is 16.2 Å². The van der Waals surface area contributed by atoms with Crippen molar-refractivity contribution in [1.29, 1.82) is 0 Å². The molecule has 1 aromatic carbocycles. The zero-order chi connectivity index (χ0) is 17.8. The zero-order valence-corrected chi connectivity index (χ0v) is 14.3. The minimum absolute atomic E-state index is 0.383. The molecule has 0 radical (unpaired) electrons. The predicted octanol–water partition coefficient (Wildman–Crippen LogP) is 2.31. The van der Waals surface area contributed by atoms with Crippen LogP contribution < -0.4 is 15.4 Å². The van der Waals surface area contributed by atoms with Crippen LogP contribution in [-0.2, 0) is 16.1 Å². The summed E-state index contributed by atoms with van der Waals surface area (Å²) in [6, 6.07) is 8.69. The first kappa shape index (κ1) is 17.0. The molecule has 1 aliphatic rings. The molecule has 0 bridgehead atoms. The van der Waals surface area contributed by atoms with Crippen molar-refractivity contribution in [1.82, 2.24) is 10.6 Å². The van der Waals surface area contributed by atoms with E-state index < -0.39 is 24.5 Å². The lowest BCUT2D eigenvalue weighted by Crippen LogP contribution is -2.41. The second-order valence-corrected chi connectivity index (χ2v) is 6.29. The van der Waals surface area contributed by atoms with Gasteiger partial charge in [0.2, 0.25) is 0 Å². The van der Waals surface area contributed by atoms with Crippen LogP contribution in [0.25, 0.3) is 10.4 Å². The fraction of sp³-hybridized carbons (Fsp3) is 0.235. The average Bonchev–Trinajstić information content (AvgIpc) is 3.04. The van der Waals surface area contributed by atoms with Gasteiger partial charge in [0.25, 0.3) is 5.91 Å². The van der Waals surface area contributed by atoms with Gasteiger partial charge in [-0.15, -0.1) is 11.3 Å². The molecule has 7 nitrogen and oxygen atoms in total. The number of hydrogen-bond donors (Lipinski definition) is 2. The number of thiophene rings is 1. The molecule has 1 aromatic heterocycles. The van der Waals surface area contributed by atoms with Crippen LogP contribution in [0.5, 0.6) is 5.75 Å². The number of urea groups is 1. The molecule has 3 rings (SSSR count). The fourth-order valence-electron chi connectivity index (χ4n) is 2.37. The summed E-state index contributed by atoms with van der Waals surface area (Å²) >= 11 is 1.29. The van der Waals surface area contributed by atoms with E-state index in [4.69, 9.17) is 9.47 Å². The maximum atomic E-state index is 12.2. The molecular formula is C17H16N2O5S. The SMILES string of the molecule is CCNC(=O)NC(=O)COC(=O)c1cc2c(s1)-c1ccccc1OC2. The number of carbonyl (C=O) groups is 3. The zero-order valence-electron chi connectivity index (χ0n) is 13.5. The minimum Gasteiger partial charge on any atom is -0.488 e. The number of imide groups is 1. The van der Waals surface area contributed by atoms with Crippen molar-refractivity contribution in [3.63, 3.8) is 0 Å². The van der Waals surface area contributed by atoms with Gasteiger partial charge in [-0.1, -0.05) is 12.1 Å². The van der Waals surface area contributed by atoms with Gasteiger partial charge in [0.15, 0.2) is 6.61 Å². The molecule has 0 atom stereocenters. The van der Waals surface area contributed by atoms with E-state index in [2.05, 4.69) is 10.6 Å². The number of rotatable bonds is 4. The number of carbonyl (C=O) groups excluding carboxylic acids is 3. The summed E-state index contributed by atoms with van der Waals surface area (Å²) in [4.78, 5) is 36.3. The first-order valence-electron chi connectivity index (χ1n) is 7.68. The Morgan fingerprint density at radius 1 is 1.28 bits per heavy atom. The van der Waals surface area contributed by atoms with Gasteiger partial charge in [-0.25, -0.2) is 9.59 Å². The standard InChI is InChI=1S/C17H16N2O5S/c1-2-18-17(22)19-14(20)9-24-16(21)13-7-10-8-23-12-6-4-3-5-11(12)15(10)25-13/h3-7H,2,8-9H2,1H3,(H2,18,19,20,22). The van der Waals surface area contributed by atoms with Crippen molar-refractivity contribution >= 4 is 29.2 Å². The lowest BCUT2D eigenvalue weighted by atomic mass is 10.1. The number of amides is 3. The molecule has 1 aliphatic heterocycles. The molecule has 2 N–H and O–H groups in total. The lowest BCUT2D eigenvalue weighted by Gasteiger charge is -2.16.